The first kappa shape index (κ1) is 61.5. The highest BCUT2D eigenvalue weighted by atomic mass is 31.2. The maximum Gasteiger partial charge on any atom is 0.472 e. The van der Waals surface area contributed by atoms with Crippen LogP contribution in [0.4, 0.5) is 0 Å². The molecule has 63 heavy (non-hydrogen) atoms. The Morgan fingerprint density at radius 1 is 0.524 bits per heavy atom. The Bertz CT molecular complexity index is 1170. The van der Waals surface area contributed by atoms with Gasteiger partial charge in [-0.25, -0.2) is 4.57 Å². The highest BCUT2D eigenvalue weighted by Gasteiger charge is 2.27. The molecule has 8 nitrogen and oxygen atoms in total. The summed E-state index contributed by atoms with van der Waals surface area (Å²) in [5, 5.41) is 13.9. The summed E-state index contributed by atoms with van der Waals surface area (Å²) in [6, 6.07) is -0.871. The number of quaternary nitrogens is 1. The number of phosphoric ester groups is 1. The van der Waals surface area contributed by atoms with E-state index in [1.807, 2.05) is 27.2 Å². The molecule has 3 atom stereocenters. The second kappa shape index (κ2) is 45.6. The molecule has 3 N–H and O–H groups in total. The standard InChI is InChI=1S/C54H103N2O6P/c1-6-8-10-12-14-16-18-20-22-24-26-28-30-32-34-36-38-40-42-44-46-48-54(58)55-52(51-62-63(59,60)61-50-49-56(3,4)5)53(57)47-45-43-41-39-37-35-33-31-29-27-25-23-21-19-17-15-13-11-9-7-2/h24,26,29,31,37,39,45,47,52-53,57H,6-23,25,27-28,30,32-36,38,40-44,46,48-51H2,1-5H3,(H-,55,58,59,60)/p+1/b26-24-,31-29+,39-37+,47-45+. The highest BCUT2D eigenvalue weighted by molar-refractivity contribution is 7.47. The van der Waals surface area contributed by atoms with Crippen LogP contribution >= 0.6 is 7.82 Å². The number of nitrogens with zero attached hydrogens (tertiary/aromatic N) is 1. The van der Waals surface area contributed by atoms with Crippen LogP contribution in [-0.2, 0) is 18.4 Å². The largest absolute Gasteiger partial charge is 0.472 e. The molecular weight excluding hydrogens is 804 g/mol. The number of aliphatic hydroxyl groups excluding tert-OH is 1. The van der Waals surface area contributed by atoms with Crippen molar-refractivity contribution in [2.45, 2.75) is 251 Å². The van der Waals surface area contributed by atoms with E-state index < -0.39 is 20.0 Å². The van der Waals surface area contributed by atoms with Gasteiger partial charge in [0.15, 0.2) is 0 Å². The number of likely N-dealkylation sites (N-methyl/N-ethyl adjacent to an activating group) is 1. The third-order valence-corrected chi connectivity index (χ3v) is 12.7. The Hall–Kier alpha value is -1.54. The molecule has 0 saturated carbocycles. The molecule has 0 spiro atoms. The van der Waals surface area contributed by atoms with E-state index in [2.05, 4.69) is 55.6 Å². The van der Waals surface area contributed by atoms with Gasteiger partial charge in [-0.15, -0.1) is 0 Å². The van der Waals surface area contributed by atoms with E-state index in [0.29, 0.717) is 17.4 Å². The normalized spacial score (nSPS) is 14.5. The number of rotatable bonds is 48. The Morgan fingerprint density at radius 3 is 1.27 bits per heavy atom. The molecule has 1 amide bonds. The molecule has 0 aliphatic heterocycles. The molecule has 0 saturated heterocycles. The van der Waals surface area contributed by atoms with Gasteiger partial charge in [0.1, 0.15) is 13.2 Å². The van der Waals surface area contributed by atoms with Crippen LogP contribution in [0.3, 0.4) is 0 Å². The number of hydrogen-bond acceptors (Lipinski definition) is 5. The first-order valence-corrected chi connectivity index (χ1v) is 28.0. The topological polar surface area (TPSA) is 105 Å². The van der Waals surface area contributed by atoms with E-state index in [0.717, 1.165) is 44.9 Å². The summed E-state index contributed by atoms with van der Waals surface area (Å²) in [7, 11) is 1.55. The van der Waals surface area contributed by atoms with Gasteiger partial charge in [-0.05, 0) is 70.6 Å². The summed E-state index contributed by atoms with van der Waals surface area (Å²) in [6.45, 7) is 4.80. The molecule has 3 unspecified atom stereocenters. The number of nitrogens with one attached hydrogen (secondary N) is 1. The van der Waals surface area contributed by atoms with Crippen LogP contribution < -0.4 is 5.32 Å². The summed E-state index contributed by atoms with van der Waals surface area (Å²) >= 11 is 0. The van der Waals surface area contributed by atoms with E-state index in [9.17, 15) is 19.4 Å². The number of aliphatic hydroxyl groups is 1. The molecule has 9 heteroatoms. The number of carbonyl (C=O) groups excluding carboxylic acids is 1. The van der Waals surface area contributed by atoms with Crippen molar-refractivity contribution >= 4 is 13.7 Å². The van der Waals surface area contributed by atoms with Crippen molar-refractivity contribution in [2.75, 3.05) is 40.9 Å². The lowest BCUT2D eigenvalue weighted by Crippen LogP contribution is -2.45. The van der Waals surface area contributed by atoms with Gasteiger partial charge in [-0.3, -0.25) is 13.8 Å². The van der Waals surface area contributed by atoms with E-state index in [1.54, 1.807) is 6.08 Å². The number of unbranched alkanes of at least 4 members (excludes halogenated alkanes) is 29. The fourth-order valence-electron chi connectivity index (χ4n) is 7.54. The fourth-order valence-corrected chi connectivity index (χ4v) is 8.27. The van der Waals surface area contributed by atoms with Crippen LogP contribution in [0.2, 0.25) is 0 Å². The van der Waals surface area contributed by atoms with Gasteiger partial charge in [0, 0.05) is 6.42 Å². The van der Waals surface area contributed by atoms with Crippen molar-refractivity contribution in [3.05, 3.63) is 48.6 Å². The summed E-state index contributed by atoms with van der Waals surface area (Å²) < 4.78 is 23.6. The zero-order chi connectivity index (χ0) is 46.4. The van der Waals surface area contributed by atoms with Crippen molar-refractivity contribution in [3.8, 4) is 0 Å². The van der Waals surface area contributed by atoms with Gasteiger partial charge in [0.05, 0.1) is 39.9 Å². The minimum atomic E-state index is -4.36. The molecule has 0 aromatic rings. The first-order chi connectivity index (χ1) is 30.5. The molecule has 0 bridgehead atoms. The number of hydrogen-bond donors (Lipinski definition) is 3. The van der Waals surface area contributed by atoms with Crippen LogP contribution in [0.5, 0.6) is 0 Å². The molecule has 0 aliphatic rings. The minimum absolute atomic E-state index is 0.0526. The van der Waals surface area contributed by atoms with Crippen LogP contribution in [-0.4, -0.2) is 73.4 Å². The van der Waals surface area contributed by atoms with Crippen molar-refractivity contribution < 1.29 is 32.9 Å². The summed E-state index contributed by atoms with van der Waals surface area (Å²) in [5.74, 6) is -0.192. The van der Waals surface area contributed by atoms with Gasteiger partial charge < -0.3 is 19.8 Å². The Labute approximate surface area is 390 Å². The average molecular weight is 908 g/mol. The predicted molar refractivity (Wildman–Crippen MR) is 272 cm³/mol. The molecule has 0 fully saturated rings. The number of amides is 1. The number of phosphoric acid groups is 1. The van der Waals surface area contributed by atoms with Gasteiger partial charge in [0.25, 0.3) is 0 Å². The Kier molecular flexibility index (Phi) is 44.5. The lowest BCUT2D eigenvalue weighted by Gasteiger charge is -2.25. The fraction of sp³-hybridized carbons (Fsp3) is 0.833. The highest BCUT2D eigenvalue weighted by Crippen LogP contribution is 2.43. The maximum atomic E-state index is 12.9. The van der Waals surface area contributed by atoms with Crippen LogP contribution in [0, 0.1) is 0 Å². The van der Waals surface area contributed by atoms with E-state index in [1.165, 1.54) is 173 Å². The molecule has 0 aromatic carbocycles. The SMILES string of the molecule is CCCCCCCCCC/C=C\CCCCCCCCCCCC(=O)NC(COP(=O)(O)OCC[N+](C)(C)C)C(O)/C=C/CC/C=C/CC/C=C/CCCCCCCCCCCC. The molecule has 370 valence electrons. The first-order valence-electron chi connectivity index (χ1n) is 26.5. The van der Waals surface area contributed by atoms with Gasteiger partial charge in [-0.1, -0.05) is 210 Å². The minimum Gasteiger partial charge on any atom is -0.387 e. The van der Waals surface area contributed by atoms with Crippen molar-refractivity contribution in [1.29, 1.82) is 0 Å². The second-order valence-corrected chi connectivity index (χ2v) is 20.7. The zero-order valence-electron chi connectivity index (χ0n) is 42.1. The monoisotopic (exact) mass is 908 g/mol. The van der Waals surface area contributed by atoms with Crippen LogP contribution in [0.15, 0.2) is 48.6 Å². The second-order valence-electron chi connectivity index (χ2n) is 19.2. The van der Waals surface area contributed by atoms with Crippen molar-refractivity contribution in [3.63, 3.8) is 0 Å². The Balaban J connectivity index is 4.36. The zero-order valence-corrected chi connectivity index (χ0v) is 43.0. The van der Waals surface area contributed by atoms with Crippen LogP contribution in [0.25, 0.3) is 0 Å². The van der Waals surface area contributed by atoms with E-state index in [4.69, 9.17) is 9.05 Å². The summed E-state index contributed by atoms with van der Waals surface area (Å²) in [5.41, 5.74) is 0. The quantitative estimate of drug-likeness (QED) is 0.0243. The van der Waals surface area contributed by atoms with Crippen molar-refractivity contribution in [2.24, 2.45) is 0 Å². The summed E-state index contributed by atoms with van der Waals surface area (Å²) in [6.07, 6.45) is 59.1. The van der Waals surface area contributed by atoms with Crippen molar-refractivity contribution in [1.82, 2.24) is 5.32 Å². The molecule has 0 rings (SSSR count). The van der Waals surface area contributed by atoms with Gasteiger partial charge >= 0.3 is 7.82 Å². The molecule has 0 aliphatic carbocycles. The maximum absolute atomic E-state index is 12.9. The third-order valence-electron chi connectivity index (χ3n) is 11.7. The van der Waals surface area contributed by atoms with E-state index >= 15 is 0 Å². The number of allylic oxidation sites excluding steroid dienone is 7. The average Bonchev–Trinajstić information content (AvgIpc) is 3.24. The van der Waals surface area contributed by atoms with Crippen LogP contribution in [0.1, 0.15) is 239 Å². The molecular formula is C54H104N2O6P+. The lowest BCUT2D eigenvalue weighted by molar-refractivity contribution is -0.870. The van der Waals surface area contributed by atoms with Gasteiger partial charge in [0.2, 0.25) is 5.91 Å². The summed E-state index contributed by atoms with van der Waals surface area (Å²) in [4.78, 5) is 23.2. The molecule has 0 heterocycles. The molecule has 0 aromatic heterocycles. The lowest BCUT2D eigenvalue weighted by atomic mass is 10.0. The van der Waals surface area contributed by atoms with E-state index in [-0.39, 0.29) is 19.1 Å². The molecule has 0 radical (unpaired) electrons. The smallest absolute Gasteiger partial charge is 0.387 e. The Morgan fingerprint density at radius 2 is 0.873 bits per heavy atom. The van der Waals surface area contributed by atoms with Gasteiger partial charge in [-0.2, -0.15) is 0 Å². The third kappa shape index (κ3) is 48.2. The predicted octanol–water partition coefficient (Wildman–Crippen LogP) is 15.6. The number of carbonyl (C=O) groups is 1.